The second-order valence-electron chi connectivity index (χ2n) is 7.36. The fourth-order valence-corrected chi connectivity index (χ4v) is 3.48. The third-order valence-corrected chi connectivity index (χ3v) is 5.07. The number of nitrogens with one attached hydrogen (secondary N) is 2. The molecule has 0 saturated carbocycles. The van der Waals surface area contributed by atoms with Gasteiger partial charge in [0.15, 0.2) is 5.82 Å². The molecular weight excluding hydrogens is 380 g/mol. The number of rotatable bonds is 9. The van der Waals surface area contributed by atoms with Crippen molar-refractivity contribution in [2.45, 2.75) is 38.6 Å². The van der Waals surface area contributed by atoms with E-state index in [4.69, 9.17) is 30.9 Å². The van der Waals surface area contributed by atoms with Gasteiger partial charge in [-0.2, -0.15) is 0 Å². The zero-order valence-electron chi connectivity index (χ0n) is 17.8. The molecule has 8 heteroatoms. The van der Waals surface area contributed by atoms with E-state index in [1.54, 1.807) is 7.11 Å². The molecular formula is C22H32N6O2. The molecule has 1 aliphatic rings. The molecule has 6 N–H and O–H groups in total. The van der Waals surface area contributed by atoms with Crippen LogP contribution in [0.4, 0.5) is 17.3 Å². The Morgan fingerprint density at radius 1 is 1.23 bits per heavy atom. The molecule has 0 radical (unpaired) electrons. The van der Waals surface area contributed by atoms with Crippen LogP contribution in [-0.4, -0.2) is 42.9 Å². The van der Waals surface area contributed by atoms with Crippen LogP contribution in [0.1, 0.15) is 36.7 Å². The third-order valence-electron chi connectivity index (χ3n) is 5.07. The molecule has 0 atom stereocenters. The Labute approximate surface area is 178 Å². The smallest absolute Gasteiger partial charge is 0.160 e. The minimum absolute atomic E-state index is 0.311. The van der Waals surface area contributed by atoms with Crippen LogP contribution in [0.2, 0.25) is 0 Å². The van der Waals surface area contributed by atoms with Gasteiger partial charge < -0.3 is 31.6 Å². The highest BCUT2D eigenvalue weighted by molar-refractivity contribution is 5.74. The number of benzene rings is 1. The van der Waals surface area contributed by atoms with Crippen LogP contribution in [0.3, 0.4) is 0 Å². The van der Waals surface area contributed by atoms with E-state index >= 15 is 0 Å². The number of hydrogen-bond donors (Lipinski definition) is 4. The quantitative estimate of drug-likeness (QED) is 0.496. The van der Waals surface area contributed by atoms with Gasteiger partial charge in [-0.05, 0) is 49.9 Å². The summed E-state index contributed by atoms with van der Waals surface area (Å²) in [4.78, 5) is 9.61. The van der Waals surface area contributed by atoms with Gasteiger partial charge in [0, 0.05) is 31.0 Å². The van der Waals surface area contributed by atoms with Crippen molar-refractivity contribution >= 4 is 23.0 Å². The lowest BCUT2D eigenvalue weighted by atomic mass is 10.1. The molecule has 2 heterocycles. The summed E-state index contributed by atoms with van der Waals surface area (Å²) in [5.41, 5.74) is 15.5. The maximum absolute atomic E-state index is 6.04. The Balaban J connectivity index is 1.96. The van der Waals surface area contributed by atoms with Crippen molar-refractivity contribution in [3.63, 3.8) is 0 Å². The van der Waals surface area contributed by atoms with Crippen molar-refractivity contribution in [2.75, 3.05) is 37.5 Å². The van der Waals surface area contributed by atoms with E-state index in [0.717, 1.165) is 67.4 Å². The average molecular weight is 413 g/mol. The van der Waals surface area contributed by atoms with Gasteiger partial charge in [0.05, 0.1) is 18.5 Å². The molecule has 0 aliphatic carbocycles. The molecule has 0 bridgehead atoms. The summed E-state index contributed by atoms with van der Waals surface area (Å²) in [6, 6.07) is 6.22. The molecule has 1 saturated heterocycles. The largest absolute Gasteiger partial charge is 0.497 e. The molecule has 1 aromatic carbocycles. The third kappa shape index (κ3) is 5.40. The fourth-order valence-electron chi connectivity index (χ4n) is 3.48. The molecule has 0 unspecified atom stereocenters. The Morgan fingerprint density at radius 3 is 2.63 bits per heavy atom. The van der Waals surface area contributed by atoms with E-state index in [2.05, 4.69) is 24.1 Å². The van der Waals surface area contributed by atoms with Crippen LogP contribution < -0.4 is 26.8 Å². The molecule has 3 rings (SSSR count). The molecule has 0 spiro atoms. The van der Waals surface area contributed by atoms with Gasteiger partial charge in [-0.1, -0.05) is 13.5 Å². The Hall–Kier alpha value is -2.84. The summed E-state index contributed by atoms with van der Waals surface area (Å²) >= 11 is 0. The Bertz CT molecular complexity index is 880. The molecule has 2 aromatic rings. The lowest BCUT2D eigenvalue weighted by molar-refractivity contribution is 0.0903. The first-order valence-corrected chi connectivity index (χ1v) is 10.4. The summed E-state index contributed by atoms with van der Waals surface area (Å²) in [5, 5.41) is 6.90. The standard InChI is InChI=1S/C22H32N6O2/c1-4-19-21(25-16-6-9-30-10-7-16)28-22(20(27-19)14(2)24)26-17-11-15(5-8-23)12-18(13-17)29-3/h11-13,16H,2,4-10,23-24H2,1,3H3,(H2,25,26,28). The van der Waals surface area contributed by atoms with Crippen LogP contribution in [-0.2, 0) is 17.6 Å². The van der Waals surface area contributed by atoms with Gasteiger partial charge in [-0.15, -0.1) is 0 Å². The van der Waals surface area contributed by atoms with Crippen molar-refractivity contribution in [3.8, 4) is 5.75 Å². The summed E-state index contributed by atoms with van der Waals surface area (Å²) in [6.45, 7) is 8.00. The SMILES string of the molecule is C=C(N)c1nc(CC)c(NC2CCOCC2)nc1Nc1cc(CCN)cc(OC)c1. The number of hydrogen-bond acceptors (Lipinski definition) is 8. The van der Waals surface area contributed by atoms with Crippen LogP contribution in [0.5, 0.6) is 5.75 Å². The minimum atomic E-state index is 0.311. The number of ether oxygens (including phenoxy) is 2. The van der Waals surface area contributed by atoms with Crippen molar-refractivity contribution in [1.82, 2.24) is 9.97 Å². The summed E-state index contributed by atoms with van der Waals surface area (Å²) in [6.07, 6.45) is 3.37. The molecule has 1 aliphatic heterocycles. The van der Waals surface area contributed by atoms with Crippen molar-refractivity contribution in [2.24, 2.45) is 11.5 Å². The first kappa shape index (κ1) is 21.9. The zero-order valence-corrected chi connectivity index (χ0v) is 17.8. The average Bonchev–Trinajstić information content (AvgIpc) is 2.74. The first-order valence-electron chi connectivity index (χ1n) is 10.4. The van der Waals surface area contributed by atoms with Gasteiger partial charge >= 0.3 is 0 Å². The number of anilines is 3. The fraction of sp³-hybridized carbons (Fsp3) is 0.455. The van der Waals surface area contributed by atoms with Crippen LogP contribution in [0, 0.1) is 0 Å². The van der Waals surface area contributed by atoms with Gasteiger partial charge in [-0.25, -0.2) is 9.97 Å². The zero-order chi connectivity index (χ0) is 21.5. The highest BCUT2D eigenvalue weighted by atomic mass is 16.5. The van der Waals surface area contributed by atoms with E-state index in [0.29, 0.717) is 29.8 Å². The predicted molar refractivity (Wildman–Crippen MR) is 121 cm³/mol. The highest BCUT2D eigenvalue weighted by Crippen LogP contribution is 2.29. The van der Waals surface area contributed by atoms with Gasteiger partial charge in [-0.3, -0.25) is 0 Å². The maximum Gasteiger partial charge on any atom is 0.160 e. The van der Waals surface area contributed by atoms with E-state index in [-0.39, 0.29) is 0 Å². The van der Waals surface area contributed by atoms with Crippen molar-refractivity contribution < 1.29 is 9.47 Å². The second-order valence-corrected chi connectivity index (χ2v) is 7.36. The van der Waals surface area contributed by atoms with E-state index in [1.807, 2.05) is 18.2 Å². The molecule has 0 amide bonds. The summed E-state index contributed by atoms with van der Waals surface area (Å²) in [5.74, 6) is 2.07. The van der Waals surface area contributed by atoms with Gasteiger partial charge in [0.2, 0.25) is 0 Å². The normalized spacial score (nSPS) is 14.4. The molecule has 8 nitrogen and oxygen atoms in total. The van der Waals surface area contributed by atoms with Gasteiger partial charge in [0.25, 0.3) is 0 Å². The topological polar surface area (TPSA) is 120 Å². The number of nitrogens with two attached hydrogens (primary N) is 2. The van der Waals surface area contributed by atoms with E-state index in [9.17, 15) is 0 Å². The monoisotopic (exact) mass is 412 g/mol. The number of aromatic nitrogens is 2. The lowest BCUT2D eigenvalue weighted by Crippen LogP contribution is -2.29. The van der Waals surface area contributed by atoms with E-state index in [1.165, 1.54) is 0 Å². The molecule has 1 aromatic heterocycles. The van der Waals surface area contributed by atoms with E-state index < -0.39 is 0 Å². The summed E-state index contributed by atoms with van der Waals surface area (Å²) < 4.78 is 10.9. The minimum Gasteiger partial charge on any atom is -0.497 e. The Kier molecular flexibility index (Phi) is 7.48. The van der Waals surface area contributed by atoms with Crippen LogP contribution in [0.25, 0.3) is 5.70 Å². The molecule has 30 heavy (non-hydrogen) atoms. The maximum atomic E-state index is 6.04. The number of nitrogens with zero attached hydrogens (tertiary/aromatic N) is 2. The highest BCUT2D eigenvalue weighted by Gasteiger charge is 2.19. The molecule has 1 fully saturated rings. The van der Waals surface area contributed by atoms with Crippen LogP contribution in [0.15, 0.2) is 24.8 Å². The van der Waals surface area contributed by atoms with Crippen molar-refractivity contribution in [3.05, 3.63) is 41.7 Å². The second kappa shape index (κ2) is 10.3. The predicted octanol–water partition coefficient (Wildman–Crippen LogP) is 2.81. The Morgan fingerprint density at radius 2 is 2.00 bits per heavy atom. The molecule has 162 valence electrons. The number of methoxy groups -OCH3 is 1. The first-order chi connectivity index (χ1) is 14.5. The summed E-state index contributed by atoms with van der Waals surface area (Å²) in [7, 11) is 1.64. The van der Waals surface area contributed by atoms with Crippen molar-refractivity contribution in [1.29, 1.82) is 0 Å². The van der Waals surface area contributed by atoms with Crippen LogP contribution >= 0.6 is 0 Å². The number of aryl methyl sites for hydroxylation is 1. The van der Waals surface area contributed by atoms with Gasteiger partial charge in [0.1, 0.15) is 17.3 Å². The lowest BCUT2D eigenvalue weighted by Gasteiger charge is -2.25.